The van der Waals surface area contributed by atoms with Crippen LogP contribution in [-0.2, 0) is 14.4 Å². The first-order valence-corrected chi connectivity index (χ1v) is 11.7. The highest BCUT2D eigenvalue weighted by atomic mass is 16.7. The summed E-state index contributed by atoms with van der Waals surface area (Å²) in [4.78, 5) is 29.1. The van der Waals surface area contributed by atoms with Crippen LogP contribution in [0.3, 0.4) is 0 Å². The quantitative estimate of drug-likeness (QED) is 0.278. The highest BCUT2D eigenvalue weighted by Crippen LogP contribution is 2.19. The first kappa shape index (κ1) is 25.1. The Hall–Kier alpha value is -2.18. The largest absolute Gasteiger partial charge is 0.481 e. The average Bonchev–Trinajstić information content (AvgIpc) is 3.29. The first-order chi connectivity index (χ1) is 15.1. The molecule has 1 unspecified atom stereocenters. The van der Waals surface area contributed by atoms with E-state index >= 15 is 0 Å². The number of unbranched alkanes of at least 4 members (excludes halogenated alkanes) is 6. The molecule has 1 aromatic rings. The minimum Gasteiger partial charge on any atom is -0.481 e. The summed E-state index contributed by atoms with van der Waals surface area (Å²) in [5, 5.41) is 10.4. The summed E-state index contributed by atoms with van der Waals surface area (Å²) in [7, 11) is 0. The van der Waals surface area contributed by atoms with Crippen molar-refractivity contribution < 1.29 is 24.3 Å². The molecule has 1 atom stereocenters. The number of hydrogen-bond acceptors (Lipinski definition) is 5. The molecule has 1 aliphatic rings. The summed E-state index contributed by atoms with van der Waals surface area (Å²) in [6.45, 7) is 3.18. The molecule has 0 bridgehead atoms. The van der Waals surface area contributed by atoms with E-state index in [0.29, 0.717) is 25.1 Å². The van der Waals surface area contributed by atoms with Crippen molar-refractivity contribution in [3.8, 4) is 0 Å². The van der Waals surface area contributed by atoms with Crippen molar-refractivity contribution in [1.29, 1.82) is 0 Å². The van der Waals surface area contributed by atoms with Gasteiger partial charge in [0.15, 0.2) is 0 Å². The minimum atomic E-state index is -0.862. The lowest BCUT2D eigenvalue weighted by atomic mass is 10.1. The number of benzene rings is 1. The van der Waals surface area contributed by atoms with E-state index < -0.39 is 11.9 Å². The van der Waals surface area contributed by atoms with Crippen LogP contribution in [0.5, 0.6) is 0 Å². The second-order valence-corrected chi connectivity index (χ2v) is 8.07. The molecule has 6 heteroatoms. The Bertz CT molecular complexity index is 697. The van der Waals surface area contributed by atoms with Crippen LogP contribution >= 0.6 is 0 Å². The maximum absolute atomic E-state index is 12.7. The summed E-state index contributed by atoms with van der Waals surface area (Å²) < 4.78 is 5.63. The lowest BCUT2D eigenvalue weighted by molar-refractivity contribution is -0.202. The molecule has 1 aliphatic heterocycles. The SMILES string of the molecule is CCCCCCCC/C=C\c1cccc(C(=O)ON(CCCC(=O)O)C2CCCO2)c1. The Morgan fingerprint density at radius 2 is 2.00 bits per heavy atom. The van der Waals surface area contributed by atoms with Gasteiger partial charge in [-0.25, -0.2) is 4.79 Å². The smallest absolute Gasteiger partial charge is 0.357 e. The fraction of sp³-hybridized carbons (Fsp3) is 0.600. The van der Waals surface area contributed by atoms with Crippen molar-refractivity contribution in [2.24, 2.45) is 0 Å². The van der Waals surface area contributed by atoms with Gasteiger partial charge in [0, 0.05) is 19.6 Å². The fourth-order valence-corrected chi connectivity index (χ4v) is 3.61. The van der Waals surface area contributed by atoms with E-state index in [9.17, 15) is 9.59 Å². The van der Waals surface area contributed by atoms with E-state index in [2.05, 4.69) is 13.0 Å². The zero-order chi connectivity index (χ0) is 22.3. The van der Waals surface area contributed by atoms with Gasteiger partial charge < -0.3 is 14.7 Å². The summed E-state index contributed by atoms with van der Waals surface area (Å²) in [5.41, 5.74) is 1.44. The molecule has 1 heterocycles. The highest BCUT2D eigenvalue weighted by molar-refractivity contribution is 5.89. The maximum atomic E-state index is 12.7. The van der Waals surface area contributed by atoms with Crippen LogP contribution in [0.1, 0.15) is 93.5 Å². The van der Waals surface area contributed by atoms with Crippen LogP contribution < -0.4 is 0 Å². The van der Waals surface area contributed by atoms with Gasteiger partial charge in [-0.3, -0.25) is 4.79 Å². The van der Waals surface area contributed by atoms with E-state index in [1.807, 2.05) is 24.3 Å². The molecule has 1 N–H and O–H groups in total. The van der Waals surface area contributed by atoms with Gasteiger partial charge in [0.1, 0.15) is 6.23 Å². The van der Waals surface area contributed by atoms with Gasteiger partial charge in [-0.1, -0.05) is 63.3 Å². The molecule has 0 spiro atoms. The molecule has 0 aliphatic carbocycles. The van der Waals surface area contributed by atoms with Crippen LogP contribution in [0.15, 0.2) is 30.3 Å². The fourth-order valence-electron chi connectivity index (χ4n) is 3.61. The molecule has 172 valence electrons. The van der Waals surface area contributed by atoms with E-state index in [1.165, 1.54) is 43.6 Å². The van der Waals surface area contributed by atoms with Crippen molar-refractivity contribution >= 4 is 18.0 Å². The molecule has 1 saturated heterocycles. The van der Waals surface area contributed by atoms with Gasteiger partial charge in [-0.2, -0.15) is 0 Å². The molecule has 31 heavy (non-hydrogen) atoms. The Morgan fingerprint density at radius 1 is 1.19 bits per heavy atom. The topological polar surface area (TPSA) is 76.1 Å². The number of rotatable bonds is 15. The Morgan fingerprint density at radius 3 is 2.74 bits per heavy atom. The molecule has 0 amide bonds. The molecule has 0 aromatic heterocycles. The second kappa shape index (κ2) is 14.8. The van der Waals surface area contributed by atoms with Gasteiger partial charge >= 0.3 is 11.9 Å². The number of carbonyl (C=O) groups excluding carboxylic acids is 1. The Kier molecular flexibility index (Phi) is 11.9. The number of carbonyl (C=O) groups is 2. The van der Waals surface area contributed by atoms with Crippen molar-refractivity contribution in [3.63, 3.8) is 0 Å². The number of ether oxygens (including phenoxy) is 1. The maximum Gasteiger partial charge on any atom is 0.357 e. The third kappa shape index (κ3) is 10.1. The zero-order valence-corrected chi connectivity index (χ0v) is 18.8. The number of carboxylic acid groups (broad SMARTS) is 1. The Labute approximate surface area is 186 Å². The predicted molar refractivity (Wildman–Crippen MR) is 121 cm³/mol. The number of aliphatic carboxylic acids is 1. The highest BCUT2D eigenvalue weighted by Gasteiger charge is 2.27. The number of carboxylic acids is 1. The number of nitrogens with zero attached hydrogens (tertiary/aromatic N) is 1. The average molecular weight is 432 g/mol. The molecule has 6 nitrogen and oxygen atoms in total. The van der Waals surface area contributed by atoms with Gasteiger partial charge in [0.2, 0.25) is 0 Å². The van der Waals surface area contributed by atoms with Gasteiger partial charge in [0.25, 0.3) is 0 Å². The Balaban J connectivity index is 1.85. The zero-order valence-electron chi connectivity index (χ0n) is 18.8. The molecule has 1 aromatic carbocycles. The van der Waals surface area contributed by atoms with Crippen molar-refractivity contribution in [2.75, 3.05) is 13.2 Å². The van der Waals surface area contributed by atoms with Crippen LogP contribution in [0.25, 0.3) is 6.08 Å². The van der Waals surface area contributed by atoms with Crippen LogP contribution in [0.2, 0.25) is 0 Å². The molecule has 1 fully saturated rings. The molecule has 0 saturated carbocycles. The number of hydrogen-bond donors (Lipinski definition) is 1. The van der Waals surface area contributed by atoms with Crippen LogP contribution in [0, 0.1) is 0 Å². The molecule has 0 radical (unpaired) electrons. The first-order valence-electron chi connectivity index (χ1n) is 11.7. The predicted octanol–water partition coefficient (Wildman–Crippen LogP) is 5.83. The third-order valence-electron chi connectivity index (χ3n) is 5.35. The summed E-state index contributed by atoms with van der Waals surface area (Å²) in [6, 6.07) is 7.38. The third-order valence-corrected chi connectivity index (χ3v) is 5.35. The lowest BCUT2D eigenvalue weighted by Gasteiger charge is -2.26. The standard InChI is InChI=1S/C25H37NO5/c1-2-3-4-5-6-7-8-9-13-21-14-10-15-22(20-21)25(29)31-26(18-11-17-24(27)28)23-16-12-19-30-23/h9-10,13-15,20,23H,2-8,11-12,16-19H2,1H3,(H,27,28)/b13-9-. The number of hydroxylamine groups is 2. The van der Waals surface area contributed by atoms with E-state index in [1.54, 1.807) is 6.07 Å². The van der Waals surface area contributed by atoms with Crippen molar-refractivity contribution in [1.82, 2.24) is 5.06 Å². The molecule has 2 rings (SSSR count). The second-order valence-electron chi connectivity index (χ2n) is 8.07. The molecular weight excluding hydrogens is 394 g/mol. The van der Waals surface area contributed by atoms with E-state index in [4.69, 9.17) is 14.7 Å². The summed E-state index contributed by atoms with van der Waals surface area (Å²) in [6.07, 6.45) is 14.7. The van der Waals surface area contributed by atoms with Gasteiger partial charge in [-0.15, -0.1) is 5.06 Å². The lowest BCUT2D eigenvalue weighted by Crippen LogP contribution is -2.37. The molecular formula is C25H37NO5. The van der Waals surface area contributed by atoms with Crippen LogP contribution in [-0.4, -0.2) is 41.5 Å². The van der Waals surface area contributed by atoms with Crippen molar-refractivity contribution in [3.05, 3.63) is 41.5 Å². The van der Waals surface area contributed by atoms with Crippen LogP contribution in [0.4, 0.5) is 0 Å². The summed E-state index contributed by atoms with van der Waals surface area (Å²) >= 11 is 0. The normalized spacial score (nSPS) is 16.3. The minimum absolute atomic E-state index is 0.0274. The van der Waals surface area contributed by atoms with E-state index in [-0.39, 0.29) is 12.6 Å². The van der Waals surface area contributed by atoms with Gasteiger partial charge in [0.05, 0.1) is 5.56 Å². The van der Waals surface area contributed by atoms with Gasteiger partial charge in [-0.05, 0) is 49.8 Å². The summed E-state index contributed by atoms with van der Waals surface area (Å²) in [5.74, 6) is -1.31. The monoisotopic (exact) mass is 431 g/mol. The number of allylic oxidation sites excluding steroid dienone is 1. The van der Waals surface area contributed by atoms with Crippen molar-refractivity contribution in [2.45, 2.75) is 83.8 Å². The van der Waals surface area contributed by atoms with E-state index in [0.717, 1.165) is 24.8 Å².